The van der Waals surface area contributed by atoms with Gasteiger partial charge in [-0.15, -0.1) is 0 Å². The zero-order valence-electron chi connectivity index (χ0n) is 14.4. The molecule has 0 spiro atoms. The van der Waals surface area contributed by atoms with Crippen LogP contribution in [-0.4, -0.2) is 29.5 Å². The number of nitrogens with zero attached hydrogens (tertiary/aromatic N) is 3. The first-order valence-electron chi connectivity index (χ1n) is 8.28. The van der Waals surface area contributed by atoms with Gasteiger partial charge >= 0.3 is 5.69 Å². The topological polar surface area (TPSA) is 96.1 Å². The Bertz CT molecular complexity index is 1180. The van der Waals surface area contributed by atoms with Crippen LogP contribution in [0.15, 0.2) is 47.4 Å². The van der Waals surface area contributed by atoms with Gasteiger partial charge < -0.3 is 14.8 Å². The first-order valence-corrected chi connectivity index (χ1v) is 8.28. The summed E-state index contributed by atoms with van der Waals surface area (Å²) in [6.07, 6.45) is 2.51. The van der Waals surface area contributed by atoms with Crippen LogP contribution in [0.5, 0.6) is 11.5 Å². The summed E-state index contributed by atoms with van der Waals surface area (Å²) in [6.45, 7) is 1.90. The summed E-state index contributed by atoms with van der Waals surface area (Å²) in [7, 11) is 1.94. The molecule has 0 saturated heterocycles. The van der Waals surface area contributed by atoms with E-state index >= 15 is 0 Å². The number of phenols is 2. The van der Waals surface area contributed by atoms with Crippen molar-refractivity contribution in [2.24, 2.45) is 7.05 Å². The molecule has 0 aliphatic carbocycles. The Hall–Kier alpha value is -3.48. The van der Waals surface area contributed by atoms with E-state index in [2.05, 4.69) is 10.2 Å². The number of aromatic amines is 1. The van der Waals surface area contributed by atoms with Crippen molar-refractivity contribution >= 4 is 10.9 Å². The second-order valence-electron chi connectivity index (χ2n) is 6.18. The molecule has 3 N–H and O–H groups in total. The first kappa shape index (κ1) is 16.0. The average molecular weight is 350 g/mol. The molecule has 0 aliphatic heterocycles. The van der Waals surface area contributed by atoms with E-state index in [0.717, 1.165) is 10.9 Å². The number of benzene rings is 2. The van der Waals surface area contributed by atoms with Gasteiger partial charge in [0.2, 0.25) is 0 Å². The Labute approximate surface area is 148 Å². The summed E-state index contributed by atoms with van der Waals surface area (Å²) in [5.41, 5.74) is 2.29. The predicted molar refractivity (Wildman–Crippen MR) is 98.8 cm³/mol. The lowest BCUT2D eigenvalue weighted by molar-refractivity contribution is 0.447. The minimum atomic E-state index is -0.401. The number of aryl methyl sites for hydroxylation is 2. The Morgan fingerprint density at radius 1 is 1.15 bits per heavy atom. The summed E-state index contributed by atoms with van der Waals surface area (Å²) >= 11 is 0. The molecule has 0 aliphatic rings. The SMILES string of the molecule is CCc1cc(-c2n[nH]c(=O)n2-c2cccc3c2ccn3C)c(O)cc1O. The van der Waals surface area contributed by atoms with E-state index in [-0.39, 0.29) is 11.5 Å². The maximum atomic E-state index is 12.5. The van der Waals surface area contributed by atoms with Crippen molar-refractivity contribution in [1.29, 1.82) is 0 Å². The third kappa shape index (κ3) is 2.28. The predicted octanol–water partition coefficient (Wildman–Crippen LogP) is 2.69. The summed E-state index contributed by atoms with van der Waals surface area (Å²) in [5.74, 6) is 0.169. The van der Waals surface area contributed by atoms with E-state index < -0.39 is 5.69 Å². The molecule has 7 nitrogen and oxygen atoms in total. The van der Waals surface area contributed by atoms with Gasteiger partial charge in [0.15, 0.2) is 5.82 Å². The van der Waals surface area contributed by atoms with E-state index in [1.54, 1.807) is 6.07 Å². The van der Waals surface area contributed by atoms with Crippen LogP contribution in [0.3, 0.4) is 0 Å². The van der Waals surface area contributed by atoms with Gasteiger partial charge in [0.25, 0.3) is 0 Å². The maximum absolute atomic E-state index is 12.5. The number of hydrogen-bond donors (Lipinski definition) is 3. The largest absolute Gasteiger partial charge is 0.508 e. The van der Waals surface area contributed by atoms with Crippen LogP contribution in [0.25, 0.3) is 28.0 Å². The fourth-order valence-electron chi connectivity index (χ4n) is 3.27. The van der Waals surface area contributed by atoms with Crippen LogP contribution in [0.4, 0.5) is 0 Å². The van der Waals surface area contributed by atoms with Crippen LogP contribution in [0.2, 0.25) is 0 Å². The molecule has 26 heavy (non-hydrogen) atoms. The second kappa shape index (κ2) is 5.80. The molecule has 0 fully saturated rings. The van der Waals surface area contributed by atoms with Crippen molar-refractivity contribution in [1.82, 2.24) is 19.3 Å². The molecule has 0 amide bonds. The Morgan fingerprint density at radius 2 is 1.96 bits per heavy atom. The van der Waals surface area contributed by atoms with Gasteiger partial charge in [-0.05, 0) is 36.2 Å². The summed E-state index contributed by atoms with van der Waals surface area (Å²) in [5, 5.41) is 27.7. The molecule has 4 rings (SSSR count). The lowest BCUT2D eigenvalue weighted by Gasteiger charge is -2.11. The number of aromatic hydroxyl groups is 2. The zero-order chi connectivity index (χ0) is 18.4. The Balaban J connectivity index is 2.02. The molecule has 2 aromatic carbocycles. The van der Waals surface area contributed by atoms with E-state index in [4.69, 9.17) is 0 Å². The number of nitrogens with one attached hydrogen (secondary N) is 1. The van der Waals surface area contributed by atoms with Gasteiger partial charge in [0, 0.05) is 30.2 Å². The Kier molecular flexibility index (Phi) is 3.57. The smallest absolute Gasteiger partial charge is 0.348 e. The first-order chi connectivity index (χ1) is 12.5. The molecule has 0 saturated carbocycles. The molecule has 7 heteroatoms. The Morgan fingerprint density at radius 3 is 2.73 bits per heavy atom. The molecule has 2 aromatic heterocycles. The fourth-order valence-corrected chi connectivity index (χ4v) is 3.27. The van der Waals surface area contributed by atoms with Gasteiger partial charge in [-0.3, -0.25) is 0 Å². The number of hydrogen-bond acceptors (Lipinski definition) is 4. The van der Waals surface area contributed by atoms with Crippen molar-refractivity contribution in [3.8, 4) is 28.6 Å². The minimum Gasteiger partial charge on any atom is -0.508 e. The second-order valence-corrected chi connectivity index (χ2v) is 6.18. The molecule has 132 valence electrons. The summed E-state index contributed by atoms with van der Waals surface area (Å²) in [6, 6.07) is 10.5. The van der Waals surface area contributed by atoms with Crippen molar-refractivity contribution in [2.45, 2.75) is 13.3 Å². The minimum absolute atomic E-state index is 0.0170. The highest BCUT2D eigenvalue weighted by atomic mass is 16.3. The van der Waals surface area contributed by atoms with Crippen LogP contribution >= 0.6 is 0 Å². The fraction of sp³-hybridized carbons (Fsp3) is 0.158. The van der Waals surface area contributed by atoms with Gasteiger partial charge in [0.1, 0.15) is 11.5 Å². The van der Waals surface area contributed by atoms with Gasteiger partial charge in [0.05, 0.1) is 11.3 Å². The normalized spacial score (nSPS) is 11.3. The highest BCUT2D eigenvalue weighted by Crippen LogP contribution is 2.35. The standard InChI is InChI=1S/C19H18N4O3/c1-3-11-9-13(17(25)10-16(11)24)18-20-21-19(26)23(18)15-6-4-5-14-12(15)7-8-22(14)2/h4-10,24-25H,3H2,1-2H3,(H,21,26). The maximum Gasteiger partial charge on any atom is 0.348 e. The molecular weight excluding hydrogens is 332 g/mol. The zero-order valence-corrected chi connectivity index (χ0v) is 14.4. The summed E-state index contributed by atoms with van der Waals surface area (Å²) < 4.78 is 3.41. The highest BCUT2D eigenvalue weighted by molar-refractivity contribution is 5.89. The quantitative estimate of drug-likeness (QED) is 0.529. The van der Waals surface area contributed by atoms with Crippen molar-refractivity contribution in [3.63, 3.8) is 0 Å². The molecule has 4 aromatic rings. The molecule has 0 bridgehead atoms. The van der Waals surface area contributed by atoms with Crippen molar-refractivity contribution in [3.05, 3.63) is 58.6 Å². The highest BCUT2D eigenvalue weighted by Gasteiger charge is 2.19. The molecule has 0 radical (unpaired) electrons. The number of aromatic nitrogens is 4. The summed E-state index contributed by atoms with van der Waals surface area (Å²) in [4.78, 5) is 12.5. The van der Waals surface area contributed by atoms with Gasteiger partial charge in [-0.1, -0.05) is 13.0 Å². The van der Waals surface area contributed by atoms with Gasteiger partial charge in [-0.2, -0.15) is 5.10 Å². The number of fused-ring (bicyclic) bond motifs is 1. The third-order valence-corrected chi connectivity index (χ3v) is 4.64. The van der Waals surface area contributed by atoms with Crippen molar-refractivity contribution < 1.29 is 10.2 Å². The van der Waals surface area contributed by atoms with Crippen LogP contribution in [0.1, 0.15) is 12.5 Å². The molecule has 0 unspecified atom stereocenters. The lowest BCUT2D eigenvalue weighted by Crippen LogP contribution is -2.16. The lowest BCUT2D eigenvalue weighted by atomic mass is 10.1. The van der Waals surface area contributed by atoms with Gasteiger partial charge in [-0.25, -0.2) is 14.5 Å². The van der Waals surface area contributed by atoms with E-state index in [0.29, 0.717) is 29.1 Å². The molecule has 2 heterocycles. The monoisotopic (exact) mass is 350 g/mol. The number of H-pyrrole nitrogens is 1. The van der Waals surface area contributed by atoms with Crippen LogP contribution in [-0.2, 0) is 13.5 Å². The number of phenolic OH excluding ortho intramolecular Hbond substituents is 2. The van der Waals surface area contributed by atoms with Crippen LogP contribution < -0.4 is 5.69 Å². The third-order valence-electron chi connectivity index (χ3n) is 4.64. The van der Waals surface area contributed by atoms with E-state index in [1.165, 1.54) is 10.6 Å². The molecule has 0 atom stereocenters. The van der Waals surface area contributed by atoms with Crippen molar-refractivity contribution in [2.75, 3.05) is 0 Å². The average Bonchev–Trinajstić information content (AvgIpc) is 3.18. The number of rotatable bonds is 3. The molecular formula is C19H18N4O3. The van der Waals surface area contributed by atoms with Crippen LogP contribution in [0, 0.1) is 0 Å². The van der Waals surface area contributed by atoms with E-state index in [1.807, 2.05) is 49.0 Å². The van der Waals surface area contributed by atoms with E-state index in [9.17, 15) is 15.0 Å².